The number of benzene rings is 2. The van der Waals surface area contributed by atoms with Crippen LogP contribution in [0.4, 0.5) is 5.69 Å². The van der Waals surface area contributed by atoms with Gasteiger partial charge in [-0.2, -0.15) is 0 Å². The summed E-state index contributed by atoms with van der Waals surface area (Å²) in [6.45, 7) is 4.66. The minimum absolute atomic E-state index is 0.105. The minimum Gasteiger partial charge on any atom is -0.494 e. The molecule has 0 aliphatic carbocycles. The molecule has 1 unspecified atom stereocenters. The van der Waals surface area contributed by atoms with Gasteiger partial charge in [0.2, 0.25) is 5.91 Å². The lowest BCUT2D eigenvalue weighted by molar-refractivity contribution is -0.115. The summed E-state index contributed by atoms with van der Waals surface area (Å²) in [5, 5.41) is 1.02. The number of fused-ring (bicyclic) bond motifs is 1. The highest BCUT2D eigenvalue weighted by Crippen LogP contribution is 2.41. The summed E-state index contributed by atoms with van der Waals surface area (Å²) in [7, 11) is 0. The Bertz CT molecular complexity index is 956. The first-order valence-corrected chi connectivity index (χ1v) is 9.74. The molecule has 0 saturated carbocycles. The van der Waals surface area contributed by atoms with E-state index in [1.165, 1.54) is 5.56 Å². The van der Waals surface area contributed by atoms with Gasteiger partial charge in [0.15, 0.2) is 0 Å². The molecule has 2 heterocycles. The summed E-state index contributed by atoms with van der Waals surface area (Å²) in [4.78, 5) is 19.2. The van der Waals surface area contributed by atoms with E-state index in [0.717, 1.165) is 28.0 Å². The van der Waals surface area contributed by atoms with Crippen molar-refractivity contribution in [1.82, 2.24) is 4.98 Å². The monoisotopic (exact) mass is 364 g/mol. The van der Waals surface area contributed by atoms with E-state index in [9.17, 15) is 4.79 Å². The predicted molar refractivity (Wildman–Crippen MR) is 107 cm³/mol. The summed E-state index contributed by atoms with van der Waals surface area (Å²) < 4.78 is 5.50. The number of nitrogens with zero attached hydrogens (tertiary/aromatic N) is 2. The Labute approximate surface area is 157 Å². The van der Waals surface area contributed by atoms with Crippen LogP contribution in [0.25, 0.3) is 10.9 Å². The van der Waals surface area contributed by atoms with E-state index < -0.39 is 0 Å². The van der Waals surface area contributed by atoms with Crippen LogP contribution in [0.2, 0.25) is 0 Å². The number of rotatable bonds is 4. The van der Waals surface area contributed by atoms with Crippen LogP contribution in [0.15, 0.2) is 54.6 Å². The molecule has 1 amide bonds. The Kier molecular flexibility index (Phi) is 4.55. The van der Waals surface area contributed by atoms with E-state index in [2.05, 4.69) is 25.1 Å². The molecule has 26 heavy (non-hydrogen) atoms. The van der Waals surface area contributed by atoms with Crippen LogP contribution >= 0.6 is 11.8 Å². The molecular weight excluding hydrogens is 344 g/mol. The number of carbonyl (C=O) groups excluding carboxylic acids is 1. The topological polar surface area (TPSA) is 42.4 Å². The Morgan fingerprint density at radius 1 is 1.15 bits per heavy atom. The molecule has 0 N–H and O–H groups in total. The molecule has 1 aliphatic rings. The summed E-state index contributed by atoms with van der Waals surface area (Å²) in [6, 6.07) is 18.0. The van der Waals surface area contributed by atoms with Gasteiger partial charge in [0.1, 0.15) is 11.1 Å². The molecule has 4 rings (SSSR count). The lowest BCUT2D eigenvalue weighted by Crippen LogP contribution is -2.28. The molecule has 5 heteroatoms. The number of aryl methyl sites for hydroxylation is 1. The average molecular weight is 364 g/mol. The molecule has 132 valence electrons. The highest BCUT2D eigenvalue weighted by atomic mass is 32.2. The maximum atomic E-state index is 12.5. The van der Waals surface area contributed by atoms with Crippen LogP contribution in [-0.2, 0) is 4.79 Å². The number of hydrogen-bond acceptors (Lipinski definition) is 4. The van der Waals surface area contributed by atoms with Gasteiger partial charge in [-0.1, -0.05) is 17.7 Å². The van der Waals surface area contributed by atoms with Crippen molar-refractivity contribution < 1.29 is 9.53 Å². The van der Waals surface area contributed by atoms with Gasteiger partial charge in [-0.15, -0.1) is 11.8 Å². The fraction of sp³-hybridized carbons (Fsp3) is 0.238. The highest BCUT2D eigenvalue weighted by molar-refractivity contribution is 8.00. The third-order valence-electron chi connectivity index (χ3n) is 4.41. The molecular formula is C21H20N2O2S. The van der Waals surface area contributed by atoms with Gasteiger partial charge in [0.25, 0.3) is 0 Å². The lowest BCUT2D eigenvalue weighted by Gasteiger charge is -2.24. The number of aromatic nitrogens is 1. The maximum Gasteiger partial charge on any atom is 0.238 e. The number of thioether (sulfide) groups is 1. The normalized spacial score (nSPS) is 17.1. The van der Waals surface area contributed by atoms with Crippen LogP contribution in [0.3, 0.4) is 0 Å². The van der Waals surface area contributed by atoms with Gasteiger partial charge in [-0.25, -0.2) is 4.98 Å². The highest BCUT2D eigenvalue weighted by Gasteiger charge is 2.35. The van der Waals surface area contributed by atoms with Gasteiger partial charge in [0, 0.05) is 11.1 Å². The van der Waals surface area contributed by atoms with E-state index in [1.54, 1.807) is 11.8 Å². The fourth-order valence-electron chi connectivity index (χ4n) is 3.19. The number of anilines is 1. The minimum atomic E-state index is -0.105. The van der Waals surface area contributed by atoms with E-state index in [4.69, 9.17) is 9.72 Å². The van der Waals surface area contributed by atoms with Crippen LogP contribution in [-0.4, -0.2) is 23.3 Å². The molecule has 0 bridgehead atoms. The van der Waals surface area contributed by atoms with Crippen molar-refractivity contribution in [3.8, 4) is 5.75 Å². The zero-order valence-electron chi connectivity index (χ0n) is 14.8. The van der Waals surface area contributed by atoms with Gasteiger partial charge in [-0.3, -0.25) is 9.69 Å². The zero-order valence-corrected chi connectivity index (χ0v) is 15.6. The third kappa shape index (κ3) is 3.15. The second kappa shape index (κ2) is 7.00. The second-order valence-corrected chi connectivity index (χ2v) is 7.35. The van der Waals surface area contributed by atoms with Crippen molar-refractivity contribution in [3.63, 3.8) is 0 Å². The first-order valence-electron chi connectivity index (χ1n) is 8.69. The van der Waals surface area contributed by atoms with Crippen LogP contribution < -0.4 is 9.64 Å². The number of pyridine rings is 1. The summed E-state index contributed by atoms with van der Waals surface area (Å²) in [5.74, 6) is 1.38. The lowest BCUT2D eigenvalue weighted by atomic mass is 10.1. The SMILES string of the molecule is CCOc1ccc(N2C(=O)CSC2c2ccc3cc(C)ccc3n2)cc1. The molecule has 2 aromatic carbocycles. The largest absolute Gasteiger partial charge is 0.494 e. The van der Waals surface area contributed by atoms with Crippen molar-refractivity contribution in [1.29, 1.82) is 0 Å². The Morgan fingerprint density at radius 2 is 1.96 bits per heavy atom. The first kappa shape index (κ1) is 16.9. The molecule has 1 fully saturated rings. The second-order valence-electron chi connectivity index (χ2n) is 6.29. The van der Waals surface area contributed by atoms with Crippen molar-refractivity contribution in [2.75, 3.05) is 17.3 Å². The van der Waals surface area contributed by atoms with Crippen LogP contribution in [0.5, 0.6) is 5.75 Å². The Morgan fingerprint density at radius 3 is 2.73 bits per heavy atom. The number of ether oxygens (including phenoxy) is 1. The Hall–Kier alpha value is -2.53. The van der Waals surface area contributed by atoms with E-state index >= 15 is 0 Å². The number of hydrogen-bond donors (Lipinski definition) is 0. The van der Waals surface area contributed by atoms with Crippen LogP contribution in [0.1, 0.15) is 23.6 Å². The molecule has 1 atom stereocenters. The molecule has 1 aliphatic heterocycles. The number of amides is 1. The third-order valence-corrected chi connectivity index (χ3v) is 5.59. The molecule has 4 nitrogen and oxygen atoms in total. The standard InChI is InChI=1S/C21H20N2O2S/c1-3-25-17-8-6-16(7-9-17)23-20(24)13-26-21(23)19-11-5-15-12-14(2)4-10-18(15)22-19/h4-12,21H,3,13H2,1-2H3. The first-order chi connectivity index (χ1) is 12.7. The van der Waals surface area contributed by atoms with Gasteiger partial charge in [-0.05, 0) is 56.3 Å². The fourth-order valence-corrected chi connectivity index (χ4v) is 4.32. The van der Waals surface area contributed by atoms with Gasteiger partial charge >= 0.3 is 0 Å². The zero-order chi connectivity index (χ0) is 18.1. The molecule has 0 radical (unpaired) electrons. The Balaban J connectivity index is 1.68. The summed E-state index contributed by atoms with van der Waals surface area (Å²) in [5.41, 5.74) is 3.96. The molecule has 0 spiro atoms. The predicted octanol–water partition coefficient (Wildman–Crippen LogP) is 4.72. The molecule has 3 aromatic rings. The van der Waals surface area contributed by atoms with Crippen molar-refractivity contribution in [2.24, 2.45) is 0 Å². The maximum absolute atomic E-state index is 12.5. The quantitative estimate of drug-likeness (QED) is 0.672. The van der Waals surface area contributed by atoms with Crippen molar-refractivity contribution in [3.05, 3.63) is 65.9 Å². The van der Waals surface area contributed by atoms with Crippen molar-refractivity contribution in [2.45, 2.75) is 19.2 Å². The summed E-state index contributed by atoms with van der Waals surface area (Å²) in [6.07, 6.45) is 0. The van der Waals surface area contributed by atoms with Crippen molar-refractivity contribution >= 4 is 34.3 Å². The average Bonchev–Trinajstić information content (AvgIpc) is 3.04. The number of carbonyl (C=O) groups is 1. The molecule has 1 saturated heterocycles. The van der Waals surface area contributed by atoms with Crippen LogP contribution in [0, 0.1) is 6.92 Å². The smallest absolute Gasteiger partial charge is 0.238 e. The molecule has 1 aromatic heterocycles. The summed E-state index contributed by atoms with van der Waals surface area (Å²) >= 11 is 1.62. The van der Waals surface area contributed by atoms with Gasteiger partial charge < -0.3 is 4.74 Å². The van der Waals surface area contributed by atoms with E-state index in [-0.39, 0.29) is 11.3 Å². The van der Waals surface area contributed by atoms with Gasteiger partial charge in [0.05, 0.1) is 23.6 Å². The van der Waals surface area contributed by atoms with E-state index in [0.29, 0.717) is 12.4 Å². The van der Waals surface area contributed by atoms with E-state index in [1.807, 2.05) is 48.2 Å².